The molecule has 0 saturated carbocycles. The summed E-state index contributed by atoms with van der Waals surface area (Å²) in [6, 6.07) is 11.0. The first kappa shape index (κ1) is 28.1. The number of carbonyl (C=O) groups excluding carboxylic acids is 1. The van der Waals surface area contributed by atoms with Gasteiger partial charge in [0, 0.05) is 36.1 Å². The Balaban J connectivity index is 1.44. The van der Waals surface area contributed by atoms with E-state index in [1.807, 2.05) is 6.92 Å². The highest BCUT2D eigenvalue weighted by atomic mass is 35.5. The fourth-order valence-electron chi connectivity index (χ4n) is 5.33. The molecule has 2 unspecified atom stereocenters. The first-order valence-corrected chi connectivity index (χ1v) is 15.2. The molecule has 2 N–H and O–H groups in total. The van der Waals surface area contributed by atoms with Gasteiger partial charge in [0.05, 0.1) is 10.9 Å². The summed E-state index contributed by atoms with van der Waals surface area (Å²) >= 11 is 6.23. The number of piperidine rings is 1. The van der Waals surface area contributed by atoms with E-state index < -0.39 is 10.0 Å². The molecular formula is C29H40ClN3O3S. The Hall–Kier alpha value is -1.93. The number of benzene rings is 2. The van der Waals surface area contributed by atoms with Gasteiger partial charge >= 0.3 is 0 Å². The highest BCUT2D eigenvalue weighted by Crippen LogP contribution is 2.32. The molecule has 2 aromatic carbocycles. The lowest BCUT2D eigenvalue weighted by Gasteiger charge is -2.35. The van der Waals surface area contributed by atoms with Gasteiger partial charge in [-0.2, -0.15) is 4.31 Å². The Morgan fingerprint density at radius 2 is 1.86 bits per heavy atom. The predicted molar refractivity (Wildman–Crippen MR) is 149 cm³/mol. The van der Waals surface area contributed by atoms with Gasteiger partial charge in [0.15, 0.2) is 0 Å². The Labute approximate surface area is 227 Å². The van der Waals surface area contributed by atoms with Crippen LogP contribution in [0.4, 0.5) is 0 Å². The number of aryl methyl sites for hydroxylation is 2. The van der Waals surface area contributed by atoms with E-state index in [-0.39, 0.29) is 34.8 Å². The van der Waals surface area contributed by atoms with Gasteiger partial charge in [-0.3, -0.25) is 4.79 Å². The number of nitrogens with zero attached hydrogens (tertiary/aromatic N) is 1. The van der Waals surface area contributed by atoms with Crippen molar-refractivity contribution in [2.45, 2.75) is 102 Å². The van der Waals surface area contributed by atoms with Gasteiger partial charge < -0.3 is 10.6 Å². The number of nitrogens with one attached hydrogen (secondary N) is 2. The van der Waals surface area contributed by atoms with Crippen LogP contribution in [-0.4, -0.2) is 36.8 Å². The molecule has 37 heavy (non-hydrogen) atoms. The van der Waals surface area contributed by atoms with Crippen LogP contribution in [0.5, 0.6) is 0 Å². The second-order valence-electron chi connectivity index (χ2n) is 11.5. The molecule has 2 aliphatic rings. The molecule has 202 valence electrons. The monoisotopic (exact) mass is 545 g/mol. The molecule has 0 aromatic heterocycles. The molecule has 2 atom stereocenters. The first-order valence-electron chi connectivity index (χ1n) is 13.4. The molecule has 4 rings (SSSR count). The first-order chi connectivity index (χ1) is 17.4. The lowest BCUT2D eigenvalue weighted by atomic mass is 9.86. The maximum absolute atomic E-state index is 13.5. The van der Waals surface area contributed by atoms with E-state index in [0.29, 0.717) is 18.0 Å². The highest BCUT2D eigenvalue weighted by molar-refractivity contribution is 7.89. The molecule has 0 radical (unpaired) electrons. The summed E-state index contributed by atoms with van der Waals surface area (Å²) in [6.45, 7) is 9.55. The van der Waals surface area contributed by atoms with Crippen molar-refractivity contribution in [3.63, 3.8) is 0 Å². The summed E-state index contributed by atoms with van der Waals surface area (Å²) in [6.07, 6.45) is 5.48. The minimum atomic E-state index is -3.74. The number of amides is 1. The molecule has 1 saturated heterocycles. The maximum atomic E-state index is 13.5. The molecule has 1 aliphatic carbocycles. The van der Waals surface area contributed by atoms with Gasteiger partial charge in [-0.15, -0.1) is 0 Å². The molecular weight excluding hydrogens is 506 g/mol. The van der Waals surface area contributed by atoms with Crippen molar-refractivity contribution in [1.29, 1.82) is 0 Å². The highest BCUT2D eigenvalue weighted by Gasteiger charge is 2.35. The van der Waals surface area contributed by atoms with Crippen LogP contribution in [0.25, 0.3) is 0 Å². The summed E-state index contributed by atoms with van der Waals surface area (Å²) in [5, 5.41) is 7.20. The van der Waals surface area contributed by atoms with Crippen LogP contribution >= 0.6 is 11.6 Å². The Morgan fingerprint density at radius 3 is 2.59 bits per heavy atom. The van der Waals surface area contributed by atoms with E-state index in [9.17, 15) is 13.2 Å². The summed E-state index contributed by atoms with van der Waals surface area (Å²) in [7, 11) is -3.74. The largest absolute Gasteiger partial charge is 0.349 e. The smallest absolute Gasteiger partial charge is 0.243 e. The summed E-state index contributed by atoms with van der Waals surface area (Å²) in [4.78, 5) is 13.4. The van der Waals surface area contributed by atoms with Crippen LogP contribution in [0.2, 0.25) is 5.02 Å². The lowest BCUT2D eigenvalue weighted by molar-refractivity contribution is -0.123. The van der Waals surface area contributed by atoms with Crippen LogP contribution in [0.15, 0.2) is 41.3 Å². The van der Waals surface area contributed by atoms with E-state index >= 15 is 0 Å². The molecule has 1 aliphatic heterocycles. The van der Waals surface area contributed by atoms with E-state index in [0.717, 1.165) is 44.2 Å². The third kappa shape index (κ3) is 6.94. The van der Waals surface area contributed by atoms with Crippen molar-refractivity contribution < 1.29 is 13.2 Å². The summed E-state index contributed by atoms with van der Waals surface area (Å²) < 4.78 is 28.5. The number of fused-ring (bicyclic) bond motifs is 1. The van der Waals surface area contributed by atoms with Crippen molar-refractivity contribution in [1.82, 2.24) is 14.9 Å². The normalized spacial score (nSPS) is 20.9. The number of rotatable bonds is 7. The molecule has 1 fully saturated rings. The summed E-state index contributed by atoms with van der Waals surface area (Å²) in [5.74, 6) is -0.0923. The van der Waals surface area contributed by atoms with Crippen molar-refractivity contribution in [3.8, 4) is 0 Å². The van der Waals surface area contributed by atoms with Gasteiger partial charge in [0.2, 0.25) is 15.9 Å². The zero-order valence-corrected chi connectivity index (χ0v) is 24.0. The number of carbonyl (C=O) groups is 1. The van der Waals surface area contributed by atoms with Crippen molar-refractivity contribution in [2.24, 2.45) is 0 Å². The van der Waals surface area contributed by atoms with Gasteiger partial charge in [-0.1, -0.05) is 42.3 Å². The zero-order valence-electron chi connectivity index (χ0n) is 22.4. The van der Waals surface area contributed by atoms with Crippen LogP contribution in [0.1, 0.15) is 87.6 Å². The quantitative estimate of drug-likeness (QED) is 0.470. The Morgan fingerprint density at radius 1 is 1.08 bits per heavy atom. The second-order valence-corrected chi connectivity index (χ2v) is 13.8. The van der Waals surface area contributed by atoms with E-state index in [1.54, 1.807) is 12.1 Å². The summed E-state index contributed by atoms with van der Waals surface area (Å²) in [5.41, 5.74) is 4.61. The van der Waals surface area contributed by atoms with Crippen LogP contribution in [0.3, 0.4) is 0 Å². The van der Waals surface area contributed by atoms with Gasteiger partial charge in [0.1, 0.15) is 0 Å². The third-order valence-corrected chi connectivity index (χ3v) is 9.78. The molecule has 1 amide bonds. The maximum Gasteiger partial charge on any atom is 0.243 e. The van der Waals surface area contributed by atoms with E-state index in [4.69, 9.17) is 11.6 Å². The van der Waals surface area contributed by atoms with Gasteiger partial charge in [-0.25, -0.2) is 8.42 Å². The second kappa shape index (κ2) is 11.4. The van der Waals surface area contributed by atoms with E-state index in [1.165, 1.54) is 27.1 Å². The number of sulfonamides is 1. The van der Waals surface area contributed by atoms with Crippen molar-refractivity contribution >= 4 is 27.5 Å². The lowest BCUT2D eigenvalue weighted by Crippen LogP contribution is -2.46. The van der Waals surface area contributed by atoms with Gasteiger partial charge in [-0.05, 0) is 94.2 Å². The van der Waals surface area contributed by atoms with Crippen molar-refractivity contribution in [3.05, 3.63) is 63.7 Å². The molecule has 1 heterocycles. The van der Waals surface area contributed by atoms with Crippen LogP contribution in [-0.2, 0) is 27.8 Å². The molecule has 8 heteroatoms. The minimum absolute atomic E-state index is 0.0366. The molecule has 6 nitrogen and oxygen atoms in total. The molecule has 0 bridgehead atoms. The SMILES string of the molecule is Cc1ccc(S(=O)(=O)N2CCCCC2CC(=O)NC2CCCc3cc(CNC(C)(C)C)ccc32)cc1Cl. The fraction of sp³-hybridized carbons (Fsp3) is 0.552. The van der Waals surface area contributed by atoms with Crippen molar-refractivity contribution in [2.75, 3.05) is 6.54 Å². The standard InChI is InChI=1S/C29H40ClN3O3S/c1-20-11-13-24(18-26(20)30)37(35,36)33-15-6-5-9-23(33)17-28(34)32-27-10-7-8-22-16-21(12-14-25(22)27)19-31-29(2,3)4/h11-14,16,18,23,27,31H,5-10,15,17,19H2,1-4H3,(H,32,34). The molecule has 2 aromatic rings. The van der Waals surface area contributed by atoms with Crippen LogP contribution < -0.4 is 10.6 Å². The zero-order chi connectivity index (χ0) is 26.8. The minimum Gasteiger partial charge on any atom is -0.349 e. The Bertz CT molecular complexity index is 1240. The predicted octanol–water partition coefficient (Wildman–Crippen LogP) is 5.66. The van der Waals surface area contributed by atoms with Gasteiger partial charge in [0.25, 0.3) is 0 Å². The fourth-order valence-corrected chi connectivity index (χ4v) is 7.29. The molecule has 0 spiro atoms. The average Bonchev–Trinajstić information content (AvgIpc) is 2.84. The Kier molecular flexibility index (Phi) is 8.68. The number of hydrogen-bond acceptors (Lipinski definition) is 4. The number of hydrogen-bond donors (Lipinski definition) is 2. The number of halogens is 1. The van der Waals surface area contributed by atoms with E-state index in [2.05, 4.69) is 49.6 Å². The topological polar surface area (TPSA) is 78.5 Å². The van der Waals surface area contributed by atoms with Crippen LogP contribution in [0, 0.1) is 6.92 Å². The average molecular weight is 546 g/mol. The third-order valence-electron chi connectivity index (χ3n) is 7.42.